The van der Waals surface area contributed by atoms with Crippen LogP contribution in [0.2, 0.25) is 0 Å². The van der Waals surface area contributed by atoms with Crippen LogP contribution in [0.5, 0.6) is 0 Å². The van der Waals surface area contributed by atoms with Gasteiger partial charge in [-0.25, -0.2) is 4.39 Å². The molecule has 4 nitrogen and oxygen atoms in total. The van der Waals surface area contributed by atoms with Gasteiger partial charge in [0.25, 0.3) is 5.69 Å². The molecule has 0 amide bonds. The van der Waals surface area contributed by atoms with Gasteiger partial charge in [-0.3, -0.25) is 10.1 Å². The van der Waals surface area contributed by atoms with E-state index >= 15 is 0 Å². The standard InChI is InChI=1S/C16H17FN2O2/c1-10-7-12(3)13(8-11(10)2)9-18-16-14(17)5-4-6-15(16)19(20)21/h4-8,18H,9H2,1-3H3. The highest BCUT2D eigenvalue weighted by atomic mass is 19.1. The maximum absolute atomic E-state index is 13.8. The molecule has 0 fully saturated rings. The Labute approximate surface area is 122 Å². The largest absolute Gasteiger partial charge is 0.373 e. The third kappa shape index (κ3) is 3.18. The van der Waals surface area contributed by atoms with Crippen molar-refractivity contribution in [2.75, 3.05) is 5.32 Å². The number of hydrogen-bond acceptors (Lipinski definition) is 3. The number of nitro benzene ring substituents is 1. The van der Waals surface area contributed by atoms with Crippen LogP contribution >= 0.6 is 0 Å². The number of hydrogen-bond donors (Lipinski definition) is 1. The fourth-order valence-corrected chi connectivity index (χ4v) is 2.23. The smallest absolute Gasteiger partial charge is 0.295 e. The van der Waals surface area contributed by atoms with Crippen LogP contribution in [-0.4, -0.2) is 4.92 Å². The Morgan fingerprint density at radius 1 is 1.14 bits per heavy atom. The van der Waals surface area contributed by atoms with Gasteiger partial charge in [-0.05, 0) is 49.1 Å². The second-order valence-corrected chi connectivity index (χ2v) is 5.11. The third-order valence-electron chi connectivity index (χ3n) is 3.60. The summed E-state index contributed by atoms with van der Waals surface area (Å²) in [5.41, 5.74) is 4.07. The number of aryl methyl sites for hydroxylation is 3. The van der Waals surface area contributed by atoms with Crippen molar-refractivity contribution < 1.29 is 9.31 Å². The summed E-state index contributed by atoms with van der Waals surface area (Å²) in [5.74, 6) is -0.620. The molecule has 5 heteroatoms. The number of nitrogens with zero attached hydrogens (tertiary/aromatic N) is 1. The Balaban J connectivity index is 2.29. The Morgan fingerprint density at radius 2 is 1.81 bits per heavy atom. The SMILES string of the molecule is Cc1cc(C)c(CNc2c(F)cccc2[N+](=O)[O-])cc1C. The zero-order valence-corrected chi connectivity index (χ0v) is 12.2. The van der Waals surface area contributed by atoms with E-state index in [1.165, 1.54) is 23.8 Å². The quantitative estimate of drug-likeness (QED) is 0.675. The molecule has 0 saturated carbocycles. The van der Waals surface area contributed by atoms with Crippen LogP contribution in [0.3, 0.4) is 0 Å². The first-order chi connectivity index (χ1) is 9.90. The highest BCUT2D eigenvalue weighted by Crippen LogP contribution is 2.28. The molecule has 110 valence electrons. The van der Waals surface area contributed by atoms with Crippen LogP contribution in [0.25, 0.3) is 0 Å². The average molecular weight is 288 g/mol. The molecule has 0 atom stereocenters. The molecule has 0 aliphatic heterocycles. The van der Waals surface area contributed by atoms with Gasteiger partial charge in [-0.2, -0.15) is 0 Å². The van der Waals surface area contributed by atoms with E-state index in [1.54, 1.807) is 0 Å². The zero-order chi connectivity index (χ0) is 15.6. The highest BCUT2D eigenvalue weighted by Gasteiger charge is 2.17. The Bertz CT molecular complexity index is 699. The van der Waals surface area contributed by atoms with E-state index in [-0.39, 0.29) is 11.4 Å². The minimum atomic E-state index is -0.620. The van der Waals surface area contributed by atoms with Crippen molar-refractivity contribution in [1.29, 1.82) is 0 Å². The first kappa shape index (κ1) is 15.0. The van der Waals surface area contributed by atoms with E-state index in [2.05, 4.69) is 11.4 Å². The summed E-state index contributed by atoms with van der Waals surface area (Å²) < 4.78 is 13.8. The summed E-state index contributed by atoms with van der Waals surface area (Å²) in [6.07, 6.45) is 0. The van der Waals surface area contributed by atoms with Gasteiger partial charge in [-0.15, -0.1) is 0 Å². The summed E-state index contributed by atoms with van der Waals surface area (Å²) in [6, 6.07) is 7.91. The predicted molar refractivity (Wildman–Crippen MR) is 81.0 cm³/mol. The molecule has 0 radical (unpaired) electrons. The summed E-state index contributed by atoms with van der Waals surface area (Å²) in [4.78, 5) is 10.4. The molecule has 0 aromatic heterocycles. The topological polar surface area (TPSA) is 55.2 Å². The molecule has 0 aliphatic rings. The molecule has 21 heavy (non-hydrogen) atoms. The lowest BCUT2D eigenvalue weighted by molar-refractivity contribution is -0.384. The second kappa shape index (κ2) is 5.91. The van der Waals surface area contributed by atoms with Crippen LogP contribution in [0.1, 0.15) is 22.3 Å². The molecule has 2 rings (SSSR count). The number of anilines is 1. The number of rotatable bonds is 4. The van der Waals surface area contributed by atoms with Gasteiger partial charge in [0, 0.05) is 12.6 Å². The molecule has 2 aromatic rings. The van der Waals surface area contributed by atoms with Crippen molar-refractivity contribution >= 4 is 11.4 Å². The molecule has 0 heterocycles. The van der Waals surface area contributed by atoms with Crippen LogP contribution in [0, 0.1) is 36.7 Å². The molecule has 0 unspecified atom stereocenters. The number of halogens is 1. The van der Waals surface area contributed by atoms with Crippen molar-refractivity contribution in [3.63, 3.8) is 0 Å². The van der Waals surface area contributed by atoms with E-state index in [4.69, 9.17) is 0 Å². The van der Waals surface area contributed by atoms with Gasteiger partial charge in [0.1, 0.15) is 5.69 Å². The van der Waals surface area contributed by atoms with Crippen LogP contribution in [0.4, 0.5) is 15.8 Å². The Hall–Kier alpha value is -2.43. The fourth-order valence-electron chi connectivity index (χ4n) is 2.23. The average Bonchev–Trinajstić information content (AvgIpc) is 2.42. The van der Waals surface area contributed by atoms with E-state index in [1.807, 2.05) is 26.8 Å². The van der Waals surface area contributed by atoms with E-state index in [0.29, 0.717) is 6.54 Å². The van der Waals surface area contributed by atoms with Crippen LogP contribution in [0.15, 0.2) is 30.3 Å². The summed E-state index contributed by atoms with van der Waals surface area (Å²) >= 11 is 0. The molecule has 0 spiro atoms. The molecule has 0 saturated heterocycles. The van der Waals surface area contributed by atoms with Crippen molar-refractivity contribution in [2.24, 2.45) is 0 Å². The summed E-state index contributed by atoms with van der Waals surface area (Å²) in [7, 11) is 0. The minimum absolute atomic E-state index is 0.0693. The van der Waals surface area contributed by atoms with Crippen LogP contribution < -0.4 is 5.32 Å². The zero-order valence-electron chi connectivity index (χ0n) is 12.2. The molecular weight excluding hydrogens is 271 g/mol. The molecule has 0 bridgehead atoms. The number of para-hydroxylation sites is 1. The third-order valence-corrected chi connectivity index (χ3v) is 3.60. The predicted octanol–water partition coefficient (Wildman–Crippen LogP) is 4.27. The van der Waals surface area contributed by atoms with E-state index in [0.717, 1.165) is 16.7 Å². The normalized spacial score (nSPS) is 10.5. The van der Waals surface area contributed by atoms with E-state index < -0.39 is 10.7 Å². The highest BCUT2D eigenvalue weighted by molar-refractivity contribution is 5.62. The first-order valence-corrected chi connectivity index (χ1v) is 6.63. The van der Waals surface area contributed by atoms with E-state index in [9.17, 15) is 14.5 Å². The van der Waals surface area contributed by atoms with Crippen molar-refractivity contribution in [3.05, 3.63) is 68.5 Å². The number of benzene rings is 2. The minimum Gasteiger partial charge on any atom is -0.373 e. The molecule has 0 aliphatic carbocycles. The maximum Gasteiger partial charge on any atom is 0.295 e. The maximum atomic E-state index is 13.8. The van der Waals surface area contributed by atoms with Gasteiger partial charge in [0.2, 0.25) is 0 Å². The number of nitro groups is 1. The van der Waals surface area contributed by atoms with Gasteiger partial charge < -0.3 is 5.32 Å². The van der Waals surface area contributed by atoms with Crippen LogP contribution in [-0.2, 0) is 6.54 Å². The summed E-state index contributed by atoms with van der Waals surface area (Å²) in [5, 5.41) is 13.8. The molecule has 1 N–H and O–H groups in total. The van der Waals surface area contributed by atoms with Crippen molar-refractivity contribution in [1.82, 2.24) is 0 Å². The lowest BCUT2D eigenvalue weighted by Gasteiger charge is -2.12. The second-order valence-electron chi connectivity index (χ2n) is 5.11. The van der Waals surface area contributed by atoms with Crippen molar-refractivity contribution in [3.8, 4) is 0 Å². The molecular formula is C16H17FN2O2. The van der Waals surface area contributed by atoms with Gasteiger partial charge in [0.15, 0.2) is 5.82 Å². The monoisotopic (exact) mass is 288 g/mol. The lowest BCUT2D eigenvalue weighted by atomic mass is 10.0. The molecule has 2 aromatic carbocycles. The summed E-state index contributed by atoms with van der Waals surface area (Å²) in [6.45, 7) is 6.35. The van der Waals surface area contributed by atoms with Gasteiger partial charge >= 0.3 is 0 Å². The Kier molecular flexibility index (Phi) is 4.21. The van der Waals surface area contributed by atoms with Gasteiger partial charge in [-0.1, -0.05) is 18.2 Å². The fraction of sp³-hybridized carbons (Fsp3) is 0.250. The van der Waals surface area contributed by atoms with Crippen molar-refractivity contribution in [2.45, 2.75) is 27.3 Å². The Morgan fingerprint density at radius 3 is 2.48 bits per heavy atom. The lowest BCUT2D eigenvalue weighted by Crippen LogP contribution is -2.06. The first-order valence-electron chi connectivity index (χ1n) is 6.63. The van der Waals surface area contributed by atoms with Gasteiger partial charge in [0.05, 0.1) is 4.92 Å². The number of nitrogens with one attached hydrogen (secondary N) is 1.